The first-order valence-corrected chi connectivity index (χ1v) is 22.4. The summed E-state index contributed by atoms with van der Waals surface area (Å²) in [6, 6.07) is -3.40. The molecule has 406 valence electrons. The molecule has 0 aromatic carbocycles. The Morgan fingerprint density at radius 3 is 1.59 bits per heavy atom. The topological polar surface area (TPSA) is 483 Å². The quantitative estimate of drug-likeness (QED) is 0.0682. The predicted octanol–water partition coefficient (Wildman–Crippen LogP) is -12.1. The molecule has 6 rings (SSSR count). The van der Waals surface area contributed by atoms with Gasteiger partial charge in [0.25, 0.3) is 0 Å². The monoisotopic (exact) mass is 1030 g/mol. The number of aliphatic hydroxyl groups is 16. The van der Waals surface area contributed by atoms with Crippen molar-refractivity contribution in [2.45, 2.75) is 199 Å². The van der Waals surface area contributed by atoms with Gasteiger partial charge < -0.3 is 144 Å². The molecule has 0 aromatic rings. The Morgan fingerprint density at radius 2 is 0.957 bits per heavy atom. The highest BCUT2D eigenvalue weighted by Crippen LogP contribution is 2.36. The van der Waals surface area contributed by atoms with E-state index in [0.29, 0.717) is 0 Å². The molecule has 6 aliphatic rings. The van der Waals surface area contributed by atoms with Crippen LogP contribution in [0.2, 0.25) is 0 Å². The number of hydrogen-bond acceptors (Lipinski definition) is 29. The molecule has 0 radical (unpaired) electrons. The van der Waals surface area contributed by atoms with Crippen LogP contribution in [0.3, 0.4) is 0 Å². The van der Waals surface area contributed by atoms with E-state index in [-0.39, 0.29) is 0 Å². The summed E-state index contributed by atoms with van der Waals surface area (Å²) in [7, 11) is 0. The van der Waals surface area contributed by atoms with Crippen molar-refractivity contribution >= 4 is 11.8 Å². The maximum atomic E-state index is 12.8. The van der Waals surface area contributed by atoms with Gasteiger partial charge >= 0.3 is 0 Å². The van der Waals surface area contributed by atoms with Gasteiger partial charge in [0.1, 0.15) is 134 Å². The molecule has 2 amide bonds. The van der Waals surface area contributed by atoms with Gasteiger partial charge in [0.2, 0.25) is 11.8 Å². The minimum atomic E-state index is -2.14. The van der Waals surface area contributed by atoms with Crippen LogP contribution in [0.25, 0.3) is 0 Å². The molecule has 31 heteroatoms. The van der Waals surface area contributed by atoms with Crippen LogP contribution in [0.4, 0.5) is 0 Å². The third-order valence-electron chi connectivity index (χ3n) is 12.8. The number of nitrogens with one attached hydrogen (secondary N) is 2. The van der Waals surface area contributed by atoms with E-state index < -0.39 is 223 Å². The summed E-state index contributed by atoms with van der Waals surface area (Å²) >= 11 is 0. The highest BCUT2D eigenvalue weighted by Gasteiger charge is 2.57. The van der Waals surface area contributed by atoms with Gasteiger partial charge in [0, 0.05) is 13.8 Å². The van der Waals surface area contributed by atoms with Gasteiger partial charge in [0.15, 0.2) is 37.7 Å². The lowest BCUT2D eigenvalue weighted by atomic mass is 9.93. The van der Waals surface area contributed by atoms with Crippen molar-refractivity contribution in [2.24, 2.45) is 0 Å². The molecular weight excluding hydrogens is 960 g/mol. The van der Waals surface area contributed by atoms with Gasteiger partial charge in [-0.25, -0.2) is 0 Å². The Morgan fingerprint density at radius 1 is 0.457 bits per heavy atom. The van der Waals surface area contributed by atoms with Crippen molar-refractivity contribution in [1.82, 2.24) is 10.6 Å². The van der Waals surface area contributed by atoms with E-state index in [4.69, 9.17) is 52.1 Å². The van der Waals surface area contributed by atoms with Crippen molar-refractivity contribution in [1.29, 1.82) is 0 Å². The zero-order chi connectivity index (χ0) is 51.6. The summed E-state index contributed by atoms with van der Waals surface area (Å²) < 4.78 is 63.5. The van der Waals surface area contributed by atoms with E-state index in [1.54, 1.807) is 0 Å². The van der Waals surface area contributed by atoms with Gasteiger partial charge in [-0.05, 0) is 6.92 Å². The van der Waals surface area contributed by atoms with Gasteiger partial charge in [-0.3, -0.25) is 9.59 Å². The van der Waals surface area contributed by atoms with Gasteiger partial charge in [-0.2, -0.15) is 0 Å². The van der Waals surface area contributed by atoms with Gasteiger partial charge in [-0.15, -0.1) is 0 Å². The number of amides is 2. The third kappa shape index (κ3) is 12.3. The van der Waals surface area contributed by atoms with Crippen LogP contribution in [0, 0.1) is 0 Å². The van der Waals surface area contributed by atoms with Crippen LogP contribution in [-0.4, -0.2) is 305 Å². The third-order valence-corrected chi connectivity index (χ3v) is 12.8. The standard InChI is InChI=1S/C39H66N2O29/c1-9-19(48)24(53)29(58)38(62-9)69-32-18(41-11(3)46)34(59)63-15(6-44)31(32)68-35-17(40-10(2)45)23(52)30(14(5-43)65-35)67-39-33(70-37-27(56)20(49)12(47)7-60-37)26(55)22(51)16(66-39)8-61-36-28(57)25(54)21(50)13(4-42)64-36/h9,12-39,42-44,47-59H,4-8H2,1-3H3,(H,40,45)(H,41,46)/t9-,12+,13+,14+,15+,16+,17+,18+,19+,20-,21+,22+,23+,24+,25-,26-,27+,28-,29-,30+,31+,32+,33-,34?,35-,36-,37-,38-,39-/m0/s1. The molecule has 6 aliphatic heterocycles. The number of rotatable bonds is 16. The molecule has 18 N–H and O–H groups in total. The normalized spacial score (nSPS) is 50.3. The molecule has 0 aromatic heterocycles. The summed E-state index contributed by atoms with van der Waals surface area (Å²) in [5.41, 5.74) is 0. The molecule has 0 aliphatic carbocycles. The van der Waals surface area contributed by atoms with E-state index in [9.17, 15) is 91.3 Å². The van der Waals surface area contributed by atoms with Gasteiger partial charge in [0.05, 0.1) is 39.1 Å². The van der Waals surface area contributed by atoms with Crippen LogP contribution >= 0.6 is 0 Å². The SMILES string of the molecule is CC(=O)N[C@H]1[C@H](O[C@H]2[C@H](O[C@@H]3O[C@@H](C)[C@@H](O)[C@@H](O)[C@@H]3O)[C@@H](NC(C)=O)C(O)O[C@@H]2CO)O[C@H](CO)[C@@H](O[C@@H]2O[C@H](CO[C@H]3O[C@H](CO)[C@@H](O)[C@H](O)[C@@H]3O)[C@@H](O)[C@H](O)[C@@H]2O[C@@H]2OC[C@@H](O)[C@H](O)[C@H]2O)[C@@H]1O. The first kappa shape index (κ1) is 57.1. The number of hydrogen-bond donors (Lipinski definition) is 18. The van der Waals surface area contributed by atoms with Crippen molar-refractivity contribution < 1.29 is 143 Å². The van der Waals surface area contributed by atoms with Crippen molar-refractivity contribution in [3.05, 3.63) is 0 Å². The fraction of sp³-hybridized carbons (Fsp3) is 0.949. The van der Waals surface area contributed by atoms with E-state index in [1.807, 2.05) is 0 Å². The van der Waals surface area contributed by atoms with Crippen LogP contribution in [0.1, 0.15) is 20.8 Å². The fourth-order valence-corrected chi connectivity index (χ4v) is 8.86. The molecule has 0 saturated carbocycles. The Bertz CT molecular complexity index is 1680. The lowest BCUT2D eigenvalue weighted by Gasteiger charge is -2.51. The molecule has 0 spiro atoms. The molecule has 29 atom stereocenters. The summed E-state index contributed by atoms with van der Waals surface area (Å²) in [5.74, 6) is -1.60. The first-order chi connectivity index (χ1) is 33.0. The molecule has 1 unspecified atom stereocenters. The number of ether oxygens (including phenoxy) is 11. The average Bonchev–Trinajstić information content (AvgIpc) is 3.32. The summed E-state index contributed by atoms with van der Waals surface area (Å²) in [6.45, 7) is -0.861. The Balaban J connectivity index is 1.29. The second-order valence-electron chi connectivity index (χ2n) is 17.8. The Hall–Kier alpha value is -2.14. The molecule has 31 nitrogen and oxygen atoms in total. The maximum absolute atomic E-state index is 12.8. The lowest BCUT2D eigenvalue weighted by molar-refractivity contribution is -0.389. The Labute approximate surface area is 397 Å². The highest BCUT2D eigenvalue weighted by atomic mass is 16.8. The minimum Gasteiger partial charge on any atom is -0.394 e. The molecule has 70 heavy (non-hydrogen) atoms. The summed E-state index contributed by atoms with van der Waals surface area (Å²) in [4.78, 5) is 25.2. The number of aliphatic hydroxyl groups excluding tert-OH is 16. The highest BCUT2D eigenvalue weighted by molar-refractivity contribution is 5.73. The first-order valence-electron chi connectivity index (χ1n) is 22.4. The smallest absolute Gasteiger partial charge is 0.217 e. The molecule has 6 saturated heterocycles. The largest absolute Gasteiger partial charge is 0.394 e. The molecule has 0 bridgehead atoms. The van der Waals surface area contributed by atoms with Crippen LogP contribution in [0.5, 0.6) is 0 Å². The van der Waals surface area contributed by atoms with E-state index >= 15 is 0 Å². The average molecular weight is 1030 g/mol. The number of carbonyl (C=O) groups is 2. The van der Waals surface area contributed by atoms with E-state index in [1.165, 1.54) is 6.92 Å². The zero-order valence-corrected chi connectivity index (χ0v) is 37.7. The lowest BCUT2D eigenvalue weighted by Crippen LogP contribution is -2.71. The maximum Gasteiger partial charge on any atom is 0.217 e. The summed E-state index contributed by atoms with van der Waals surface area (Å²) in [6.07, 6.45) is -49.1. The van der Waals surface area contributed by atoms with Crippen LogP contribution in [0.15, 0.2) is 0 Å². The summed E-state index contributed by atoms with van der Waals surface area (Å²) in [5, 5.41) is 175. The molecule has 6 heterocycles. The van der Waals surface area contributed by atoms with Crippen molar-refractivity contribution in [3.63, 3.8) is 0 Å². The predicted molar refractivity (Wildman–Crippen MR) is 215 cm³/mol. The van der Waals surface area contributed by atoms with E-state index in [0.717, 1.165) is 13.8 Å². The number of carbonyl (C=O) groups excluding carboxylic acids is 2. The zero-order valence-electron chi connectivity index (χ0n) is 37.7. The second kappa shape index (κ2) is 24.5. The molecular formula is C39H66N2O29. The van der Waals surface area contributed by atoms with Crippen molar-refractivity contribution in [2.75, 3.05) is 33.0 Å². The van der Waals surface area contributed by atoms with E-state index in [2.05, 4.69) is 10.6 Å². The second-order valence-corrected chi connectivity index (χ2v) is 17.8. The molecule has 6 fully saturated rings. The van der Waals surface area contributed by atoms with Crippen molar-refractivity contribution in [3.8, 4) is 0 Å². The fourth-order valence-electron chi connectivity index (χ4n) is 8.86. The minimum absolute atomic E-state index is 0.601. The van der Waals surface area contributed by atoms with Gasteiger partial charge in [-0.1, -0.05) is 0 Å². The van der Waals surface area contributed by atoms with Crippen LogP contribution < -0.4 is 10.6 Å². The van der Waals surface area contributed by atoms with Crippen LogP contribution in [-0.2, 0) is 61.7 Å². The Kier molecular flexibility index (Phi) is 20.0.